The minimum absolute atomic E-state index is 0.0268. The van der Waals surface area contributed by atoms with Crippen molar-refractivity contribution in [3.8, 4) is 10.6 Å². The van der Waals surface area contributed by atoms with Crippen LogP contribution >= 0.6 is 11.3 Å². The van der Waals surface area contributed by atoms with E-state index in [-0.39, 0.29) is 11.6 Å². The van der Waals surface area contributed by atoms with E-state index < -0.39 is 0 Å². The van der Waals surface area contributed by atoms with E-state index in [2.05, 4.69) is 28.2 Å². The lowest BCUT2D eigenvalue weighted by molar-refractivity contribution is 0.0685. The normalized spacial score (nSPS) is 14.8. The number of thiazole rings is 1. The summed E-state index contributed by atoms with van der Waals surface area (Å²) in [5.74, 6) is 0. The molecule has 0 saturated carbocycles. The van der Waals surface area contributed by atoms with Crippen molar-refractivity contribution < 1.29 is 4.74 Å². The van der Waals surface area contributed by atoms with Gasteiger partial charge < -0.3 is 4.74 Å². The van der Waals surface area contributed by atoms with Crippen LogP contribution in [0.2, 0.25) is 0 Å². The van der Waals surface area contributed by atoms with Gasteiger partial charge in [0.1, 0.15) is 0 Å². The monoisotopic (exact) mass is 454 g/mol. The van der Waals surface area contributed by atoms with Gasteiger partial charge in [-0.15, -0.1) is 11.3 Å². The molecule has 164 valence electrons. The summed E-state index contributed by atoms with van der Waals surface area (Å²) in [4.78, 5) is 28.0. The van der Waals surface area contributed by atoms with Crippen molar-refractivity contribution in [2.45, 2.75) is 25.3 Å². The SMILES string of the molecule is O=c1c2cc(Cc3ccnc(-c4cncs4)c3)c3ccccc3c2ncn1C1CCOCC1. The number of hydrogen-bond acceptors (Lipinski definition) is 6. The van der Waals surface area contributed by atoms with E-state index in [9.17, 15) is 4.79 Å². The summed E-state index contributed by atoms with van der Waals surface area (Å²) in [7, 11) is 0. The van der Waals surface area contributed by atoms with Crippen LogP contribution in [0.25, 0.3) is 32.2 Å². The van der Waals surface area contributed by atoms with E-state index in [0.29, 0.717) is 25.0 Å². The highest BCUT2D eigenvalue weighted by molar-refractivity contribution is 7.13. The first-order valence-electron chi connectivity index (χ1n) is 11.1. The summed E-state index contributed by atoms with van der Waals surface area (Å²) in [6, 6.07) is 14.5. The molecule has 6 nitrogen and oxygen atoms in total. The van der Waals surface area contributed by atoms with E-state index in [1.54, 1.807) is 22.2 Å². The maximum Gasteiger partial charge on any atom is 0.261 e. The van der Waals surface area contributed by atoms with Crippen LogP contribution < -0.4 is 5.56 Å². The van der Waals surface area contributed by atoms with E-state index >= 15 is 0 Å². The maximum absolute atomic E-state index is 13.6. The van der Waals surface area contributed by atoms with Crippen LogP contribution in [0, 0.1) is 0 Å². The molecule has 0 N–H and O–H groups in total. The summed E-state index contributed by atoms with van der Waals surface area (Å²) in [6.45, 7) is 1.37. The molecule has 3 aromatic heterocycles. The van der Waals surface area contributed by atoms with E-state index in [0.717, 1.165) is 50.8 Å². The van der Waals surface area contributed by atoms with Crippen LogP contribution in [0.15, 0.2) is 71.5 Å². The number of rotatable bonds is 4. The molecule has 0 bridgehead atoms. The lowest BCUT2D eigenvalue weighted by Crippen LogP contribution is -2.29. The third-order valence-electron chi connectivity index (χ3n) is 6.37. The van der Waals surface area contributed by atoms with Crippen molar-refractivity contribution in [2.75, 3.05) is 13.2 Å². The summed E-state index contributed by atoms with van der Waals surface area (Å²) in [5, 5.41) is 2.81. The molecular formula is C26H22N4O2S. The molecule has 2 aromatic carbocycles. The number of nitrogens with zero attached hydrogens (tertiary/aromatic N) is 4. The van der Waals surface area contributed by atoms with Gasteiger partial charge in [0, 0.05) is 37.0 Å². The highest BCUT2D eigenvalue weighted by Gasteiger charge is 2.19. The van der Waals surface area contributed by atoms with E-state index in [1.807, 2.05) is 42.2 Å². The lowest BCUT2D eigenvalue weighted by Gasteiger charge is -2.24. The molecule has 1 fully saturated rings. The smallest absolute Gasteiger partial charge is 0.261 e. The lowest BCUT2D eigenvalue weighted by atomic mass is 9.96. The molecule has 0 radical (unpaired) electrons. The van der Waals surface area contributed by atoms with Gasteiger partial charge >= 0.3 is 0 Å². The van der Waals surface area contributed by atoms with Gasteiger partial charge in [-0.25, -0.2) is 4.98 Å². The summed E-state index contributed by atoms with van der Waals surface area (Å²) < 4.78 is 7.29. The van der Waals surface area contributed by atoms with Crippen molar-refractivity contribution in [3.05, 3.63) is 88.2 Å². The predicted octanol–water partition coefficient (Wildman–Crippen LogP) is 5.01. The number of aromatic nitrogens is 4. The Hall–Kier alpha value is -3.42. The molecule has 0 aliphatic carbocycles. The third-order valence-corrected chi connectivity index (χ3v) is 7.16. The molecule has 1 saturated heterocycles. The van der Waals surface area contributed by atoms with Crippen molar-refractivity contribution in [1.82, 2.24) is 19.5 Å². The number of ether oxygens (including phenoxy) is 1. The van der Waals surface area contributed by atoms with Gasteiger partial charge in [-0.05, 0) is 54.0 Å². The molecule has 0 unspecified atom stereocenters. The predicted molar refractivity (Wildman–Crippen MR) is 131 cm³/mol. The zero-order valence-electron chi connectivity index (χ0n) is 18.0. The van der Waals surface area contributed by atoms with E-state index in [4.69, 9.17) is 9.72 Å². The molecule has 5 aromatic rings. The van der Waals surface area contributed by atoms with E-state index in [1.165, 1.54) is 0 Å². The van der Waals surface area contributed by atoms with Crippen LogP contribution in [0.5, 0.6) is 0 Å². The van der Waals surface area contributed by atoms with Gasteiger partial charge in [-0.3, -0.25) is 19.3 Å². The highest BCUT2D eigenvalue weighted by atomic mass is 32.1. The molecule has 7 heteroatoms. The van der Waals surface area contributed by atoms with Crippen LogP contribution in [0.4, 0.5) is 0 Å². The first-order chi connectivity index (χ1) is 16.3. The van der Waals surface area contributed by atoms with Crippen LogP contribution in [0.3, 0.4) is 0 Å². The Labute approximate surface area is 194 Å². The summed E-state index contributed by atoms with van der Waals surface area (Å²) in [6.07, 6.45) is 7.78. The molecule has 1 aliphatic rings. The largest absolute Gasteiger partial charge is 0.381 e. The van der Waals surface area contributed by atoms with Gasteiger partial charge in [0.05, 0.1) is 33.3 Å². The Bertz CT molecular complexity index is 1500. The summed E-state index contributed by atoms with van der Waals surface area (Å²) >= 11 is 1.58. The van der Waals surface area contributed by atoms with Gasteiger partial charge in [0.25, 0.3) is 5.56 Å². The molecule has 4 heterocycles. The average molecular weight is 455 g/mol. The van der Waals surface area contributed by atoms with Gasteiger partial charge in [0.15, 0.2) is 0 Å². The van der Waals surface area contributed by atoms with Crippen molar-refractivity contribution >= 4 is 33.0 Å². The Balaban J connectivity index is 1.49. The minimum atomic E-state index is 0.0268. The number of fused-ring (bicyclic) bond motifs is 3. The Kier molecular flexibility index (Phi) is 5.20. The fourth-order valence-corrected chi connectivity index (χ4v) is 5.29. The first kappa shape index (κ1) is 20.2. The average Bonchev–Trinajstić information content (AvgIpc) is 3.41. The topological polar surface area (TPSA) is 69.9 Å². The minimum Gasteiger partial charge on any atom is -0.381 e. The molecule has 0 atom stereocenters. The number of benzene rings is 2. The van der Waals surface area contributed by atoms with Crippen molar-refractivity contribution in [3.63, 3.8) is 0 Å². The summed E-state index contributed by atoms with van der Waals surface area (Å²) in [5.41, 5.74) is 5.79. The van der Waals surface area contributed by atoms with Gasteiger partial charge in [0.2, 0.25) is 0 Å². The molecule has 0 spiro atoms. The maximum atomic E-state index is 13.6. The molecule has 33 heavy (non-hydrogen) atoms. The van der Waals surface area contributed by atoms with Gasteiger partial charge in [-0.1, -0.05) is 24.3 Å². The van der Waals surface area contributed by atoms with Crippen molar-refractivity contribution in [2.24, 2.45) is 0 Å². The Morgan fingerprint density at radius 1 is 1.03 bits per heavy atom. The number of hydrogen-bond donors (Lipinski definition) is 0. The molecule has 0 amide bonds. The molecule has 1 aliphatic heterocycles. The fraction of sp³-hybridized carbons (Fsp3) is 0.231. The number of pyridine rings is 1. The Morgan fingerprint density at radius 2 is 1.88 bits per heavy atom. The van der Waals surface area contributed by atoms with Gasteiger partial charge in [-0.2, -0.15) is 0 Å². The van der Waals surface area contributed by atoms with Crippen LogP contribution in [0.1, 0.15) is 30.0 Å². The molecule has 6 rings (SSSR count). The quantitative estimate of drug-likeness (QED) is 0.357. The molecular weight excluding hydrogens is 432 g/mol. The zero-order chi connectivity index (χ0) is 22.2. The van der Waals surface area contributed by atoms with Crippen LogP contribution in [-0.2, 0) is 11.2 Å². The zero-order valence-corrected chi connectivity index (χ0v) is 18.8. The second-order valence-corrected chi connectivity index (χ2v) is 9.26. The fourth-order valence-electron chi connectivity index (χ4n) is 4.70. The van der Waals surface area contributed by atoms with Crippen LogP contribution in [-0.4, -0.2) is 32.7 Å². The second kappa shape index (κ2) is 8.50. The highest BCUT2D eigenvalue weighted by Crippen LogP contribution is 2.29. The third kappa shape index (κ3) is 3.73. The second-order valence-electron chi connectivity index (χ2n) is 8.37. The first-order valence-corrected chi connectivity index (χ1v) is 12.0. The standard InChI is InChI=1S/C26H22N4O2S/c31-26-22-13-18(11-17-5-8-28-23(12-17)24-14-27-16-33-24)20-3-1-2-4-21(20)25(22)29-15-30(26)19-6-9-32-10-7-19/h1-5,8,12-16,19H,6-7,9-11H2. The Morgan fingerprint density at radius 3 is 2.70 bits per heavy atom. The van der Waals surface area contributed by atoms with Crippen molar-refractivity contribution in [1.29, 1.82) is 0 Å².